The van der Waals surface area contributed by atoms with E-state index in [1.807, 2.05) is 24.3 Å². The number of hydrogen-bond donors (Lipinski definition) is 2. The highest BCUT2D eigenvalue weighted by Crippen LogP contribution is 2.19. The van der Waals surface area contributed by atoms with E-state index in [1.165, 1.54) is 32.4 Å². The Bertz CT molecular complexity index is 615. The Morgan fingerprint density at radius 3 is 2.62 bits per heavy atom. The van der Waals surface area contributed by atoms with Crippen molar-refractivity contribution >= 4 is 29.9 Å². The molecule has 1 heterocycles. The van der Waals surface area contributed by atoms with Gasteiger partial charge in [-0.3, -0.25) is 4.90 Å². The molecule has 1 aromatic rings. The smallest absolute Gasteiger partial charge is 0.191 e. The lowest BCUT2D eigenvalue weighted by molar-refractivity contribution is 0.0982. The topological polar surface area (TPSA) is 63.5 Å². The van der Waals surface area contributed by atoms with Crippen molar-refractivity contribution in [2.45, 2.75) is 52.1 Å². The third-order valence-electron chi connectivity index (χ3n) is 4.72. The first-order chi connectivity index (χ1) is 12.0. The van der Waals surface area contributed by atoms with E-state index >= 15 is 0 Å². The molecule has 0 amide bonds. The lowest BCUT2D eigenvalue weighted by Gasteiger charge is -2.41. The summed E-state index contributed by atoms with van der Waals surface area (Å²) in [6.07, 6.45) is 3.95. The number of guanidine groups is 1. The van der Waals surface area contributed by atoms with Crippen LogP contribution in [0.1, 0.15) is 51.2 Å². The van der Waals surface area contributed by atoms with E-state index in [9.17, 15) is 0 Å². The molecule has 0 spiro atoms. The molecule has 26 heavy (non-hydrogen) atoms. The summed E-state index contributed by atoms with van der Waals surface area (Å²) in [5.74, 6) is 0.829. The van der Waals surface area contributed by atoms with Gasteiger partial charge in [0.05, 0.1) is 18.2 Å². The molecule has 1 saturated heterocycles. The SMILES string of the molecule is CCNC(=NCc1cccc(C#N)c1)NCC(C)(C)N1CCCCC1.I. The van der Waals surface area contributed by atoms with Crippen molar-refractivity contribution in [3.63, 3.8) is 0 Å². The minimum absolute atomic E-state index is 0. The second-order valence-electron chi connectivity index (χ2n) is 7.22. The first-order valence-electron chi connectivity index (χ1n) is 9.31. The van der Waals surface area contributed by atoms with Crippen LogP contribution in [0.15, 0.2) is 29.3 Å². The fraction of sp³-hybridized carbons (Fsp3) is 0.600. The second-order valence-corrected chi connectivity index (χ2v) is 7.22. The quantitative estimate of drug-likeness (QED) is 0.381. The molecular weight excluding hydrogens is 437 g/mol. The van der Waals surface area contributed by atoms with Gasteiger partial charge in [-0.05, 0) is 64.4 Å². The van der Waals surface area contributed by atoms with Crippen molar-refractivity contribution < 1.29 is 0 Å². The molecule has 0 aliphatic carbocycles. The zero-order valence-electron chi connectivity index (χ0n) is 16.2. The van der Waals surface area contributed by atoms with Crippen molar-refractivity contribution in [2.75, 3.05) is 26.2 Å². The maximum Gasteiger partial charge on any atom is 0.191 e. The molecule has 0 bridgehead atoms. The fourth-order valence-corrected chi connectivity index (χ4v) is 3.16. The summed E-state index contributed by atoms with van der Waals surface area (Å²) in [6.45, 7) is 11.3. The molecule has 1 aliphatic rings. The lowest BCUT2D eigenvalue weighted by atomic mass is 9.98. The number of aliphatic imine (C=N–C) groups is 1. The van der Waals surface area contributed by atoms with Crippen molar-refractivity contribution in [1.82, 2.24) is 15.5 Å². The van der Waals surface area contributed by atoms with Gasteiger partial charge in [0.2, 0.25) is 0 Å². The molecule has 6 heteroatoms. The number of benzene rings is 1. The summed E-state index contributed by atoms with van der Waals surface area (Å²) in [6, 6.07) is 9.80. The minimum atomic E-state index is 0. The molecule has 0 radical (unpaired) electrons. The average molecular weight is 469 g/mol. The van der Waals surface area contributed by atoms with Crippen LogP contribution in [0.2, 0.25) is 0 Å². The van der Waals surface area contributed by atoms with E-state index in [0.29, 0.717) is 12.1 Å². The van der Waals surface area contributed by atoms with Gasteiger partial charge in [-0.25, -0.2) is 4.99 Å². The van der Waals surface area contributed by atoms with Gasteiger partial charge >= 0.3 is 0 Å². The minimum Gasteiger partial charge on any atom is -0.357 e. The Labute approximate surface area is 175 Å². The van der Waals surface area contributed by atoms with Crippen LogP contribution in [0.25, 0.3) is 0 Å². The van der Waals surface area contributed by atoms with Gasteiger partial charge in [-0.1, -0.05) is 18.6 Å². The van der Waals surface area contributed by atoms with E-state index in [4.69, 9.17) is 5.26 Å². The largest absolute Gasteiger partial charge is 0.357 e. The van der Waals surface area contributed by atoms with E-state index in [0.717, 1.165) is 24.6 Å². The molecule has 0 saturated carbocycles. The summed E-state index contributed by atoms with van der Waals surface area (Å²) in [5.41, 5.74) is 1.83. The maximum absolute atomic E-state index is 9.01. The maximum atomic E-state index is 9.01. The number of hydrogen-bond acceptors (Lipinski definition) is 3. The zero-order valence-corrected chi connectivity index (χ0v) is 18.5. The predicted octanol–water partition coefficient (Wildman–Crippen LogP) is 3.50. The number of piperidine rings is 1. The average Bonchev–Trinajstić information content (AvgIpc) is 2.65. The summed E-state index contributed by atoms with van der Waals surface area (Å²) >= 11 is 0. The lowest BCUT2D eigenvalue weighted by Crippen LogP contribution is -2.54. The predicted molar refractivity (Wildman–Crippen MR) is 119 cm³/mol. The molecule has 5 nitrogen and oxygen atoms in total. The van der Waals surface area contributed by atoms with Gasteiger partial charge in [0.15, 0.2) is 5.96 Å². The number of nitrogens with zero attached hydrogens (tertiary/aromatic N) is 3. The summed E-state index contributed by atoms with van der Waals surface area (Å²) in [5, 5.41) is 15.8. The molecule has 0 aromatic heterocycles. The summed E-state index contributed by atoms with van der Waals surface area (Å²) < 4.78 is 0. The van der Waals surface area contributed by atoms with Crippen LogP contribution in [0.5, 0.6) is 0 Å². The molecule has 1 aliphatic heterocycles. The zero-order chi connectivity index (χ0) is 18.1. The Kier molecular flexibility index (Phi) is 9.96. The number of likely N-dealkylation sites (tertiary alicyclic amines) is 1. The molecule has 1 aromatic carbocycles. The molecule has 0 unspecified atom stereocenters. The summed E-state index contributed by atoms with van der Waals surface area (Å²) in [7, 11) is 0. The Hall–Kier alpha value is -1.33. The number of rotatable bonds is 6. The number of nitrogens with one attached hydrogen (secondary N) is 2. The highest BCUT2D eigenvalue weighted by molar-refractivity contribution is 14.0. The van der Waals surface area contributed by atoms with E-state index in [-0.39, 0.29) is 29.5 Å². The first kappa shape index (κ1) is 22.7. The van der Waals surface area contributed by atoms with Crippen molar-refractivity contribution in [3.8, 4) is 6.07 Å². The summed E-state index contributed by atoms with van der Waals surface area (Å²) in [4.78, 5) is 7.25. The van der Waals surface area contributed by atoms with Crippen LogP contribution in [0.4, 0.5) is 0 Å². The standard InChI is InChI=1S/C20H31N5.HI/c1-4-22-19(23-15-18-10-8-9-17(13-18)14-21)24-16-20(2,3)25-11-6-5-7-12-25;/h8-10,13H,4-7,11-12,15-16H2,1-3H3,(H2,22,23,24);1H. The van der Waals surface area contributed by atoms with Gasteiger partial charge in [0.25, 0.3) is 0 Å². The molecule has 1 fully saturated rings. The Balaban J connectivity index is 0.00000338. The third kappa shape index (κ3) is 7.12. The highest BCUT2D eigenvalue weighted by Gasteiger charge is 2.27. The molecule has 0 atom stereocenters. The van der Waals surface area contributed by atoms with Crippen molar-refractivity contribution in [1.29, 1.82) is 5.26 Å². The van der Waals surface area contributed by atoms with Gasteiger partial charge in [-0.15, -0.1) is 24.0 Å². The second kappa shape index (κ2) is 11.4. The van der Waals surface area contributed by atoms with Gasteiger partial charge in [0.1, 0.15) is 0 Å². The fourth-order valence-electron chi connectivity index (χ4n) is 3.16. The van der Waals surface area contributed by atoms with Crippen LogP contribution in [-0.4, -0.2) is 42.6 Å². The third-order valence-corrected chi connectivity index (χ3v) is 4.72. The van der Waals surface area contributed by atoms with Crippen LogP contribution >= 0.6 is 24.0 Å². The van der Waals surface area contributed by atoms with Gasteiger partial charge < -0.3 is 10.6 Å². The monoisotopic (exact) mass is 469 g/mol. The van der Waals surface area contributed by atoms with Crippen LogP contribution < -0.4 is 10.6 Å². The highest BCUT2D eigenvalue weighted by atomic mass is 127. The van der Waals surface area contributed by atoms with E-state index in [1.54, 1.807) is 0 Å². The molecular formula is C20H32IN5. The normalized spacial score (nSPS) is 15.7. The van der Waals surface area contributed by atoms with Crippen molar-refractivity contribution in [2.24, 2.45) is 4.99 Å². The molecule has 144 valence electrons. The Morgan fingerprint density at radius 2 is 1.96 bits per heavy atom. The van der Waals surface area contributed by atoms with Crippen LogP contribution in [0.3, 0.4) is 0 Å². The number of halogens is 1. The first-order valence-corrected chi connectivity index (χ1v) is 9.31. The van der Waals surface area contributed by atoms with Crippen molar-refractivity contribution in [3.05, 3.63) is 35.4 Å². The van der Waals surface area contributed by atoms with Crippen LogP contribution in [0, 0.1) is 11.3 Å². The van der Waals surface area contributed by atoms with E-state index in [2.05, 4.69) is 47.4 Å². The molecule has 2 rings (SSSR count). The Morgan fingerprint density at radius 1 is 1.23 bits per heavy atom. The molecule has 2 N–H and O–H groups in total. The van der Waals surface area contributed by atoms with E-state index < -0.39 is 0 Å². The van der Waals surface area contributed by atoms with Gasteiger partial charge in [0, 0.05) is 18.6 Å². The van der Waals surface area contributed by atoms with Gasteiger partial charge in [-0.2, -0.15) is 5.26 Å². The number of nitriles is 1. The van der Waals surface area contributed by atoms with Crippen LogP contribution in [-0.2, 0) is 6.54 Å².